The highest BCUT2D eigenvalue weighted by Crippen LogP contribution is 2.53. The maximum atomic E-state index is 15.5. The van der Waals surface area contributed by atoms with Crippen molar-refractivity contribution in [2.45, 2.75) is 50.5 Å². The number of nitrogens with one attached hydrogen (secondary N) is 2. The molecule has 12 heteroatoms. The molecule has 0 bridgehead atoms. The van der Waals surface area contributed by atoms with Crippen molar-refractivity contribution >= 4 is 69.8 Å². The van der Waals surface area contributed by atoms with Crippen molar-refractivity contribution in [2.24, 2.45) is 5.92 Å². The normalized spacial score (nSPS) is 16.1. The molecular formula is C25H26Cl3F2N3O4. The fourth-order valence-corrected chi connectivity index (χ4v) is 4.12. The van der Waals surface area contributed by atoms with Gasteiger partial charge in [0.05, 0.1) is 22.2 Å². The maximum absolute atomic E-state index is 15.5. The number of benzene rings is 2. The van der Waals surface area contributed by atoms with E-state index in [1.54, 1.807) is 27.7 Å². The van der Waals surface area contributed by atoms with Crippen LogP contribution in [0.3, 0.4) is 0 Å². The number of amides is 3. The standard InChI is InChI=1S/C25H26Cl3F2N3O4/c1-5-10-33(23(36)37-24(2,3)4)20-17(29)8-9-18(19(20)30)32-21(34)14-11-13(6-7-16(14)26)31-22(35)15-12-25(15,27)28/h6-9,11,15H,5,10,12H2,1-4H3,(H,31,35)(H,32,34). The third-order valence-electron chi connectivity index (χ3n) is 5.27. The summed E-state index contributed by atoms with van der Waals surface area (Å²) in [5.74, 6) is -4.01. The molecule has 2 N–H and O–H groups in total. The van der Waals surface area contributed by atoms with Crippen LogP contribution in [0.1, 0.15) is 50.9 Å². The number of nitrogens with zero attached hydrogens (tertiary/aromatic N) is 1. The lowest BCUT2D eigenvalue weighted by molar-refractivity contribution is -0.117. The quantitative estimate of drug-likeness (QED) is 0.343. The predicted molar refractivity (Wildman–Crippen MR) is 141 cm³/mol. The van der Waals surface area contributed by atoms with E-state index in [9.17, 15) is 18.8 Å². The lowest BCUT2D eigenvalue weighted by atomic mass is 10.1. The van der Waals surface area contributed by atoms with Gasteiger partial charge in [0.1, 0.15) is 21.4 Å². The van der Waals surface area contributed by atoms with E-state index in [1.807, 2.05) is 0 Å². The minimum absolute atomic E-state index is 0.0232. The number of carbonyl (C=O) groups excluding carboxylic acids is 3. The van der Waals surface area contributed by atoms with Crippen LogP contribution in [-0.4, -0.2) is 34.4 Å². The molecule has 3 amide bonds. The minimum Gasteiger partial charge on any atom is -0.443 e. The smallest absolute Gasteiger partial charge is 0.414 e. The largest absolute Gasteiger partial charge is 0.443 e. The third kappa shape index (κ3) is 7.03. The summed E-state index contributed by atoms with van der Waals surface area (Å²) in [4.78, 5) is 38.8. The van der Waals surface area contributed by atoms with Crippen LogP contribution in [0.2, 0.25) is 5.02 Å². The highest BCUT2D eigenvalue weighted by Gasteiger charge is 2.56. The van der Waals surface area contributed by atoms with Crippen LogP contribution < -0.4 is 15.5 Å². The van der Waals surface area contributed by atoms with E-state index in [0.29, 0.717) is 12.8 Å². The number of hydrogen-bond donors (Lipinski definition) is 2. The number of ether oxygens (including phenoxy) is 1. The average Bonchev–Trinajstić information content (AvgIpc) is 3.43. The molecule has 1 aliphatic rings. The molecule has 1 unspecified atom stereocenters. The van der Waals surface area contributed by atoms with E-state index in [4.69, 9.17) is 39.5 Å². The van der Waals surface area contributed by atoms with Crippen molar-refractivity contribution < 1.29 is 27.9 Å². The van der Waals surface area contributed by atoms with E-state index >= 15 is 4.39 Å². The van der Waals surface area contributed by atoms with Gasteiger partial charge in [0.25, 0.3) is 5.91 Å². The van der Waals surface area contributed by atoms with Gasteiger partial charge < -0.3 is 15.4 Å². The first-order chi connectivity index (χ1) is 17.1. The highest BCUT2D eigenvalue weighted by molar-refractivity contribution is 6.52. The first kappa shape index (κ1) is 28.9. The van der Waals surface area contributed by atoms with Crippen LogP contribution in [-0.2, 0) is 9.53 Å². The van der Waals surface area contributed by atoms with Crippen molar-refractivity contribution in [1.29, 1.82) is 0 Å². The summed E-state index contributed by atoms with van der Waals surface area (Å²) in [6, 6.07) is 6.11. The molecule has 0 aromatic heterocycles. The molecule has 0 radical (unpaired) electrons. The summed E-state index contributed by atoms with van der Waals surface area (Å²) < 4.78 is 34.4. The average molecular weight is 577 g/mol. The summed E-state index contributed by atoms with van der Waals surface area (Å²) in [5.41, 5.74) is -1.77. The Morgan fingerprint density at radius 1 is 1.14 bits per heavy atom. The summed E-state index contributed by atoms with van der Waals surface area (Å²) >= 11 is 18.0. The zero-order valence-electron chi connectivity index (χ0n) is 20.6. The predicted octanol–water partition coefficient (Wildman–Crippen LogP) is 7.15. The maximum Gasteiger partial charge on any atom is 0.414 e. The van der Waals surface area contributed by atoms with Gasteiger partial charge in [0.2, 0.25) is 5.91 Å². The number of rotatable bonds is 7. The van der Waals surface area contributed by atoms with Crippen molar-refractivity contribution in [3.63, 3.8) is 0 Å². The molecule has 0 saturated heterocycles. The molecule has 0 heterocycles. The van der Waals surface area contributed by atoms with E-state index in [0.717, 1.165) is 17.0 Å². The Kier molecular flexibility index (Phi) is 8.61. The lowest BCUT2D eigenvalue weighted by Crippen LogP contribution is -2.38. The van der Waals surface area contributed by atoms with E-state index in [1.165, 1.54) is 18.2 Å². The SMILES string of the molecule is CCCN(C(=O)OC(C)(C)C)c1c(F)ccc(NC(=O)c2cc(NC(=O)C3CC3(Cl)Cl)ccc2Cl)c1F. The Morgan fingerprint density at radius 2 is 1.78 bits per heavy atom. The summed E-state index contributed by atoms with van der Waals surface area (Å²) in [6.45, 7) is 6.60. The van der Waals surface area contributed by atoms with Gasteiger partial charge in [-0.05, 0) is 63.9 Å². The zero-order valence-corrected chi connectivity index (χ0v) is 22.8. The molecule has 7 nitrogen and oxygen atoms in total. The molecule has 0 aliphatic heterocycles. The Morgan fingerprint density at radius 3 is 2.35 bits per heavy atom. The van der Waals surface area contributed by atoms with E-state index < -0.39 is 51.1 Å². The Bertz CT molecular complexity index is 1230. The van der Waals surface area contributed by atoms with Gasteiger partial charge in [-0.2, -0.15) is 0 Å². The monoisotopic (exact) mass is 575 g/mol. The van der Waals surface area contributed by atoms with Gasteiger partial charge in [0.15, 0.2) is 5.82 Å². The van der Waals surface area contributed by atoms with Crippen LogP contribution in [0.5, 0.6) is 0 Å². The summed E-state index contributed by atoms with van der Waals surface area (Å²) in [5, 5.41) is 4.98. The first-order valence-electron chi connectivity index (χ1n) is 11.4. The molecule has 1 fully saturated rings. The molecule has 2 aromatic rings. The highest BCUT2D eigenvalue weighted by atomic mass is 35.5. The van der Waals surface area contributed by atoms with Gasteiger partial charge in [-0.15, -0.1) is 23.2 Å². The van der Waals surface area contributed by atoms with E-state index in [-0.39, 0.29) is 28.5 Å². The molecule has 1 saturated carbocycles. The van der Waals surface area contributed by atoms with Crippen LogP contribution >= 0.6 is 34.8 Å². The van der Waals surface area contributed by atoms with Gasteiger partial charge in [-0.25, -0.2) is 13.6 Å². The molecule has 2 aromatic carbocycles. The second-order valence-electron chi connectivity index (χ2n) is 9.55. The fourth-order valence-electron chi connectivity index (χ4n) is 3.41. The van der Waals surface area contributed by atoms with Crippen LogP contribution in [0.25, 0.3) is 0 Å². The molecule has 200 valence electrons. The second kappa shape index (κ2) is 11.0. The fraction of sp³-hybridized carbons (Fsp3) is 0.400. The topological polar surface area (TPSA) is 87.7 Å². The lowest BCUT2D eigenvalue weighted by Gasteiger charge is -2.28. The molecule has 1 atom stereocenters. The van der Waals surface area contributed by atoms with Crippen molar-refractivity contribution in [3.05, 3.63) is 52.6 Å². The third-order valence-corrected chi connectivity index (χ3v) is 6.43. The van der Waals surface area contributed by atoms with E-state index in [2.05, 4.69) is 10.6 Å². The van der Waals surface area contributed by atoms with Crippen molar-refractivity contribution in [3.8, 4) is 0 Å². The first-order valence-corrected chi connectivity index (χ1v) is 12.6. The molecular weight excluding hydrogens is 551 g/mol. The number of anilines is 3. The van der Waals surface area contributed by atoms with Crippen LogP contribution in [0.15, 0.2) is 30.3 Å². The van der Waals surface area contributed by atoms with Gasteiger partial charge in [-0.3, -0.25) is 14.5 Å². The molecule has 3 rings (SSSR count). The van der Waals surface area contributed by atoms with Crippen LogP contribution in [0, 0.1) is 17.6 Å². The van der Waals surface area contributed by atoms with Gasteiger partial charge in [0, 0.05) is 12.2 Å². The Hall–Kier alpha value is -2.62. The molecule has 0 spiro atoms. The number of alkyl halides is 2. The van der Waals surface area contributed by atoms with Gasteiger partial charge in [-0.1, -0.05) is 18.5 Å². The molecule has 37 heavy (non-hydrogen) atoms. The minimum atomic E-state index is -1.16. The second-order valence-corrected chi connectivity index (χ2v) is 11.5. The Balaban J connectivity index is 1.86. The number of halogens is 5. The number of hydrogen-bond acceptors (Lipinski definition) is 4. The zero-order chi connectivity index (χ0) is 27.7. The van der Waals surface area contributed by atoms with Crippen molar-refractivity contribution in [1.82, 2.24) is 0 Å². The van der Waals surface area contributed by atoms with Crippen LogP contribution in [0.4, 0.5) is 30.6 Å². The van der Waals surface area contributed by atoms with Crippen molar-refractivity contribution in [2.75, 3.05) is 22.1 Å². The van der Waals surface area contributed by atoms with Gasteiger partial charge >= 0.3 is 6.09 Å². The summed E-state index contributed by atoms with van der Waals surface area (Å²) in [6.07, 6.45) is -0.248. The number of carbonyl (C=O) groups is 3. The summed E-state index contributed by atoms with van der Waals surface area (Å²) in [7, 11) is 0. The molecule has 1 aliphatic carbocycles. The Labute approximate surface area is 228 Å².